The van der Waals surface area contributed by atoms with Crippen LogP contribution in [0.25, 0.3) is 0 Å². The van der Waals surface area contributed by atoms with Crippen molar-refractivity contribution in [1.82, 2.24) is 14.7 Å². The number of benzene rings is 2. The molecule has 4 rings (SSSR count). The molecule has 2 aliphatic rings. The van der Waals surface area contributed by atoms with Gasteiger partial charge in [-0.2, -0.15) is 0 Å². The third-order valence-corrected chi connectivity index (χ3v) is 6.31. The topological polar surface area (TPSA) is 65.1 Å². The van der Waals surface area contributed by atoms with Gasteiger partial charge in [-0.3, -0.25) is 19.4 Å². The van der Waals surface area contributed by atoms with Crippen molar-refractivity contribution >= 4 is 34.8 Å². The van der Waals surface area contributed by atoms with E-state index in [2.05, 4.69) is 10.2 Å². The summed E-state index contributed by atoms with van der Waals surface area (Å²) in [5.41, 5.74) is 1.45. The van der Waals surface area contributed by atoms with E-state index >= 15 is 0 Å². The highest BCUT2D eigenvalue weighted by molar-refractivity contribution is 7.80. The van der Waals surface area contributed by atoms with Crippen molar-refractivity contribution in [3.05, 3.63) is 66.0 Å². The van der Waals surface area contributed by atoms with E-state index < -0.39 is 6.04 Å². The van der Waals surface area contributed by atoms with Gasteiger partial charge in [-0.05, 0) is 42.0 Å². The van der Waals surface area contributed by atoms with E-state index in [1.54, 1.807) is 4.90 Å². The number of halogens is 1. The van der Waals surface area contributed by atoms with Crippen LogP contribution in [-0.2, 0) is 20.9 Å². The third-order valence-electron chi connectivity index (χ3n) is 5.85. The molecule has 2 aromatic rings. The Morgan fingerprint density at radius 1 is 1.06 bits per heavy atom. The van der Waals surface area contributed by atoms with E-state index in [9.17, 15) is 14.0 Å². The quantitative estimate of drug-likeness (QED) is 0.598. The largest absolute Gasteiger partial charge is 0.379 e. The average molecular weight is 471 g/mol. The third kappa shape index (κ3) is 5.93. The Kier molecular flexibility index (Phi) is 7.64. The zero-order valence-electron chi connectivity index (χ0n) is 18.3. The van der Waals surface area contributed by atoms with Gasteiger partial charge in [0.25, 0.3) is 5.91 Å². The molecule has 2 fully saturated rings. The monoisotopic (exact) mass is 470 g/mol. The summed E-state index contributed by atoms with van der Waals surface area (Å²) in [5, 5.41) is 3.19. The molecule has 0 saturated carbocycles. The number of carbonyl (C=O) groups is 2. The Hall–Kier alpha value is -2.88. The van der Waals surface area contributed by atoms with E-state index in [0.29, 0.717) is 37.1 Å². The van der Waals surface area contributed by atoms with Crippen LogP contribution in [0.1, 0.15) is 12.0 Å². The normalized spacial score (nSPS) is 19.2. The average Bonchev–Trinajstić information content (AvgIpc) is 3.04. The summed E-state index contributed by atoms with van der Waals surface area (Å²) in [7, 11) is 0. The first kappa shape index (κ1) is 23.3. The van der Waals surface area contributed by atoms with Crippen molar-refractivity contribution < 1.29 is 18.7 Å². The van der Waals surface area contributed by atoms with E-state index in [4.69, 9.17) is 17.0 Å². The molecule has 2 aromatic carbocycles. The fraction of sp³-hybridized carbons (Fsp3) is 0.375. The van der Waals surface area contributed by atoms with Crippen LogP contribution in [0.5, 0.6) is 0 Å². The molecule has 0 unspecified atom stereocenters. The van der Waals surface area contributed by atoms with Gasteiger partial charge in [0.1, 0.15) is 11.9 Å². The van der Waals surface area contributed by atoms with E-state index in [1.807, 2.05) is 35.2 Å². The zero-order valence-corrected chi connectivity index (χ0v) is 19.1. The van der Waals surface area contributed by atoms with Crippen molar-refractivity contribution in [2.75, 3.05) is 44.7 Å². The lowest BCUT2D eigenvalue weighted by Gasteiger charge is -2.30. The predicted molar refractivity (Wildman–Crippen MR) is 127 cm³/mol. The highest BCUT2D eigenvalue weighted by atomic mass is 32.1. The summed E-state index contributed by atoms with van der Waals surface area (Å²) in [6.45, 7) is 4.68. The van der Waals surface area contributed by atoms with Gasteiger partial charge in [-0.15, -0.1) is 0 Å². The van der Waals surface area contributed by atoms with Gasteiger partial charge in [0, 0.05) is 31.9 Å². The van der Waals surface area contributed by atoms with Crippen LogP contribution in [0.2, 0.25) is 0 Å². The minimum Gasteiger partial charge on any atom is -0.379 e. The molecule has 1 atom stereocenters. The number of hydrogen-bond acceptors (Lipinski definition) is 5. The fourth-order valence-corrected chi connectivity index (χ4v) is 4.42. The number of anilines is 1. The van der Waals surface area contributed by atoms with Crippen LogP contribution in [-0.4, -0.2) is 77.1 Å². The van der Waals surface area contributed by atoms with Crippen LogP contribution in [0.15, 0.2) is 54.6 Å². The summed E-state index contributed by atoms with van der Waals surface area (Å²) < 4.78 is 18.6. The lowest BCUT2D eigenvalue weighted by Crippen LogP contribution is -2.45. The fourth-order valence-electron chi connectivity index (χ4n) is 4.05. The summed E-state index contributed by atoms with van der Waals surface area (Å²) in [5.74, 6) is -0.879. The first-order chi connectivity index (χ1) is 16.0. The Morgan fingerprint density at radius 3 is 2.45 bits per heavy atom. The summed E-state index contributed by atoms with van der Waals surface area (Å²) in [4.78, 5) is 31.8. The van der Waals surface area contributed by atoms with Crippen molar-refractivity contribution in [1.29, 1.82) is 0 Å². The van der Waals surface area contributed by atoms with Gasteiger partial charge < -0.3 is 15.0 Å². The smallest absolute Gasteiger partial charge is 0.252 e. The first-order valence-corrected chi connectivity index (χ1v) is 11.4. The van der Waals surface area contributed by atoms with Gasteiger partial charge in [0.15, 0.2) is 5.11 Å². The lowest BCUT2D eigenvalue weighted by atomic mass is 10.1. The summed E-state index contributed by atoms with van der Waals surface area (Å²) >= 11 is 5.69. The van der Waals surface area contributed by atoms with Gasteiger partial charge in [-0.25, -0.2) is 4.39 Å². The molecule has 2 amide bonds. The molecule has 33 heavy (non-hydrogen) atoms. The Labute approximate surface area is 198 Å². The van der Waals surface area contributed by atoms with Crippen molar-refractivity contribution in [3.63, 3.8) is 0 Å². The maximum atomic E-state index is 13.3. The van der Waals surface area contributed by atoms with Gasteiger partial charge in [0.05, 0.1) is 26.2 Å². The predicted octanol–water partition coefficient (Wildman–Crippen LogP) is 2.48. The van der Waals surface area contributed by atoms with Crippen LogP contribution < -0.4 is 5.32 Å². The summed E-state index contributed by atoms with van der Waals surface area (Å²) in [6, 6.07) is 14.5. The first-order valence-electron chi connectivity index (χ1n) is 11.0. The number of ether oxygens (including phenoxy) is 1. The number of nitrogens with one attached hydrogen (secondary N) is 1. The van der Waals surface area contributed by atoms with Crippen LogP contribution in [0, 0.1) is 5.82 Å². The van der Waals surface area contributed by atoms with E-state index in [0.717, 1.165) is 25.2 Å². The molecule has 9 heteroatoms. The van der Waals surface area contributed by atoms with Crippen molar-refractivity contribution in [2.45, 2.75) is 19.0 Å². The molecule has 2 saturated heterocycles. The number of hydrogen-bond donors (Lipinski definition) is 1. The van der Waals surface area contributed by atoms with Crippen LogP contribution in [0.4, 0.5) is 10.1 Å². The molecule has 0 bridgehead atoms. The number of nitrogens with zero attached hydrogens (tertiary/aromatic N) is 3. The number of amides is 2. The Morgan fingerprint density at radius 2 is 1.76 bits per heavy atom. The van der Waals surface area contributed by atoms with Crippen molar-refractivity contribution in [3.8, 4) is 0 Å². The SMILES string of the molecule is O=C(C[C@@H]1C(=O)N(Cc2ccccc2)C(=S)N1CCN1CCOCC1)Nc1ccc(F)cc1. The van der Waals surface area contributed by atoms with Gasteiger partial charge in [0.2, 0.25) is 5.91 Å². The maximum absolute atomic E-state index is 13.3. The second-order valence-electron chi connectivity index (χ2n) is 8.11. The molecule has 1 N–H and O–H groups in total. The van der Waals surface area contributed by atoms with Gasteiger partial charge in [-0.1, -0.05) is 30.3 Å². The number of thiocarbonyl (C=S) groups is 1. The van der Waals surface area contributed by atoms with Crippen LogP contribution >= 0.6 is 12.2 Å². The Balaban J connectivity index is 1.47. The summed E-state index contributed by atoms with van der Waals surface area (Å²) in [6.07, 6.45) is -0.0370. The molecule has 0 aliphatic carbocycles. The lowest BCUT2D eigenvalue weighted by molar-refractivity contribution is -0.131. The minimum absolute atomic E-state index is 0.0370. The zero-order chi connectivity index (χ0) is 23.2. The standard InChI is InChI=1S/C24H27FN4O3S/c25-19-6-8-20(9-7-19)26-22(30)16-21-23(31)29(17-18-4-2-1-3-5-18)24(33)28(21)11-10-27-12-14-32-15-13-27/h1-9,21H,10-17H2,(H,26,30)/t21-/m1/s1. The highest BCUT2D eigenvalue weighted by Crippen LogP contribution is 2.24. The molecule has 7 nitrogen and oxygen atoms in total. The molecule has 0 aromatic heterocycles. The molecule has 2 heterocycles. The highest BCUT2D eigenvalue weighted by Gasteiger charge is 2.43. The molecular formula is C24H27FN4O3S. The molecular weight excluding hydrogens is 443 g/mol. The second kappa shape index (κ2) is 10.8. The molecule has 0 radical (unpaired) electrons. The molecule has 174 valence electrons. The molecule has 0 spiro atoms. The van der Waals surface area contributed by atoms with Gasteiger partial charge >= 0.3 is 0 Å². The molecule has 2 aliphatic heterocycles. The number of rotatable bonds is 8. The number of carbonyl (C=O) groups excluding carboxylic acids is 2. The second-order valence-corrected chi connectivity index (χ2v) is 8.48. The van der Waals surface area contributed by atoms with E-state index in [1.165, 1.54) is 24.3 Å². The Bertz CT molecular complexity index is 983. The van der Waals surface area contributed by atoms with E-state index in [-0.39, 0.29) is 24.1 Å². The maximum Gasteiger partial charge on any atom is 0.252 e. The van der Waals surface area contributed by atoms with Crippen LogP contribution in [0.3, 0.4) is 0 Å². The minimum atomic E-state index is -0.678. The van der Waals surface area contributed by atoms with Crippen molar-refractivity contribution in [2.24, 2.45) is 0 Å². The number of morpholine rings is 1.